The zero-order chi connectivity index (χ0) is 13.8. The number of rotatable bonds is 1. The molecule has 102 valence electrons. The second-order valence-electron chi connectivity index (χ2n) is 4.67. The Hall–Kier alpha value is -1.64. The standard InChI is InChI=1S/C14H15FN2.C2H6/c1-10-3-2-4-11-7-14(16-8-13(10)11)17-6-5-12(15)9-17;1-2/h2-4,7-8,12H,5-6,9H2,1H3;1-2H3. The first-order valence-corrected chi connectivity index (χ1v) is 6.98. The Balaban J connectivity index is 0.000000637. The number of benzene rings is 1. The Labute approximate surface area is 114 Å². The molecular formula is C16H21FN2. The highest BCUT2D eigenvalue weighted by atomic mass is 19.1. The third-order valence-corrected chi connectivity index (χ3v) is 3.42. The molecular weight excluding hydrogens is 239 g/mol. The van der Waals surface area contributed by atoms with Gasteiger partial charge in [0.2, 0.25) is 0 Å². The molecule has 3 heteroatoms. The SMILES string of the molecule is CC.Cc1cccc2cc(N3CCC(F)C3)ncc12. The summed E-state index contributed by atoms with van der Waals surface area (Å²) >= 11 is 0. The van der Waals surface area contributed by atoms with Gasteiger partial charge in [0.25, 0.3) is 0 Å². The minimum atomic E-state index is -0.704. The molecule has 0 saturated carbocycles. The number of anilines is 1. The fourth-order valence-corrected chi connectivity index (χ4v) is 2.41. The lowest BCUT2D eigenvalue weighted by Crippen LogP contribution is -2.20. The lowest BCUT2D eigenvalue weighted by Gasteiger charge is -2.16. The van der Waals surface area contributed by atoms with Crippen LogP contribution in [-0.4, -0.2) is 24.2 Å². The predicted octanol–water partition coefficient (Wildman–Crippen LogP) is 4.12. The van der Waals surface area contributed by atoms with Crippen molar-refractivity contribution in [3.63, 3.8) is 0 Å². The van der Waals surface area contributed by atoms with Gasteiger partial charge in [-0.3, -0.25) is 0 Å². The molecule has 1 saturated heterocycles. The topological polar surface area (TPSA) is 16.1 Å². The molecule has 3 rings (SSSR count). The van der Waals surface area contributed by atoms with Gasteiger partial charge in [0, 0.05) is 18.1 Å². The van der Waals surface area contributed by atoms with Crippen LogP contribution in [-0.2, 0) is 0 Å². The number of hydrogen-bond acceptors (Lipinski definition) is 2. The zero-order valence-electron chi connectivity index (χ0n) is 11.9. The maximum absolute atomic E-state index is 13.2. The quantitative estimate of drug-likeness (QED) is 0.767. The Morgan fingerprint density at radius 2 is 2.11 bits per heavy atom. The van der Waals surface area contributed by atoms with Crippen LogP contribution in [0.25, 0.3) is 10.8 Å². The lowest BCUT2D eigenvalue weighted by atomic mass is 10.1. The second kappa shape index (κ2) is 6.00. The van der Waals surface area contributed by atoms with E-state index < -0.39 is 6.17 Å². The second-order valence-corrected chi connectivity index (χ2v) is 4.67. The first kappa shape index (κ1) is 13.8. The van der Waals surface area contributed by atoms with Gasteiger partial charge in [-0.15, -0.1) is 0 Å². The van der Waals surface area contributed by atoms with Crippen LogP contribution in [0.2, 0.25) is 0 Å². The van der Waals surface area contributed by atoms with Crippen LogP contribution in [0.1, 0.15) is 25.8 Å². The Morgan fingerprint density at radius 3 is 2.79 bits per heavy atom. The molecule has 1 fully saturated rings. The summed E-state index contributed by atoms with van der Waals surface area (Å²) < 4.78 is 13.2. The summed E-state index contributed by atoms with van der Waals surface area (Å²) in [5.41, 5.74) is 1.23. The van der Waals surface area contributed by atoms with E-state index in [1.165, 1.54) is 16.3 Å². The van der Waals surface area contributed by atoms with E-state index in [2.05, 4.69) is 30.1 Å². The van der Waals surface area contributed by atoms with Crippen molar-refractivity contribution in [3.05, 3.63) is 36.0 Å². The van der Waals surface area contributed by atoms with Crippen molar-refractivity contribution in [2.45, 2.75) is 33.4 Å². The highest BCUT2D eigenvalue weighted by Crippen LogP contribution is 2.25. The van der Waals surface area contributed by atoms with Crippen LogP contribution in [0, 0.1) is 6.92 Å². The molecule has 1 aromatic heterocycles. The van der Waals surface area contributed by atoms with Crippen LogP contribution < -0.4 is 4.90 Å². The van der Waals surface area contributed by atoms with Gasteiger partial charge in [0.1, 0.15) is 12.0 Å². The molecule has 1 unspecified atom stereocenters. The van der Waals surface area contributed by atoms with Crippen molar-refractivity contribution >= 4 is 16.6 Å². The Kier molecular flexibility index (Phi) is 4.35. The summed E-state index contributed by atoms with van der Waals surface area (Å²) in [7, 11) is 0. The van der Waals surface area contributed by atoms with Crippen LogP contribution in [0.4, 0.5) is 10.2 Å². The fourth-order valence-electron chi connectivity index (χ4n) is 2.41. The molecule has 2 nitrogen and oxygen atoms in total. The maximum atomic E-state index is 13.2. The highest BCUT2D eigenvalue weighted by molar-refractivity contribution is 5.86. The van der Waals surface area contributed by atoms with Crippen molar-refractivity contribution in [2.24, 2.45) is 0 Å². The van der Waals surface area contributed by atoms with Crippen LogP contribution in [0.3, 0.4) is 0 Å². The summed E-state index contributed by atoms with van der Waals surface area (Å²) in [6.45, 7) is 7.33. The molecule has 0 aliphatic carbocycles. The molecule has 2 heterocycles. The van der Waals surface area contributed by atoms with Gasteiger partial charge in [-0.1, -0.05) is 32.0 Å². The van der Waals surface area contributed by atoms with Crippen molar-refractivity contribution in [2.75, 3.05) is 18.0 Å². The lowest BCUT2D eigenvalue weighted by molar-refractivity contribution is 0.364. The Morgan fingerprint density at radius 1 is 1.32 bits per heavy atom. The van der Waals surface area contributed by atoms with Gasteiger partial charge in [0.15, 0.2) is 0 Å². The molecule has 1 atom stereocenters. The first-order valence-electron chi connectivity index (χ1n) is 6.98. The van der Waals surface area contributed by atoms with E-state index in [9.17, 15) is 4.39 Å². The molecule has 1 aromatic carbocycles. The molecule has 1 aliphatic rings. The van der Waals surface area contributed by atoms with Crippen molar-refractivity contribution in [1.29, 1.82) is 0 Å². The number of aromatic nitrogens is 1. The number of fused-ring (bicyclic) bond motifs is 1. The molecule has 19 heavy (non-hydrogen) atoms. The van der Waals surface area contributed by atoms with Crippen molar-refractivity contribution < 1.29 is 4.39 Å². The monoisotopic (exact) mass is 260 g/mol. The van der Waals surface area contributed by atoms with Gasteiger partial charge < -0.3 is 4.90 Å². The molecule has 0 amide bonds. The average molecular weight is 260 g/mol. The highest BCUT2D eigenvalue weighted by Gasteiger charge is 2.22. The number of halogens is 1. The van der Waals surface area contributed by atoms with Gasteiger partial charge in [-0.05, 0) is 30.4 Å². The normalized spacial score (nSPS) is 18.3. The van der Waals surface area contributed by atoms with Gasteiger partial charge in [-0.2, -0.15) is 0 Å². The summed E-state index contributed by atoms with van der Waals surface area (Å²) in [6, 6.07) is 8.26. The van der Waals surface area contributed by atoms with Gasteiger partial charge in [0.05, 0.1) is 6.54 Å². The smallest absolute Gasteiger partial charge is 0.129 e. The zero-order valence-corrected chi connectivity index (χ0v) is 11.9. The molecule has 1 aliphatic heterocycles. The molecule has 0 radical (unpaired) electrons. The number of alkyl halides is 1. The largest absolute Gasteiger partial charge is 0.354 e. The van der Waals surface area contributed by atoms with E-state index in [1.807, 2.05) is 31.0 Å². The van der Waals surface area contributed by atoms with Gasteiger partial charge in [-0.25, -0.2) is 9.37 Å². The van der Waals surface area contributed by atoms with E-state index in [0.29, 0.717) is 13.0 Å². The molecule has 2 aromatic rings. The molecule has 0 bridgehead atoms. The summed E-state index contributed by atoms with van der Waals surface area (Å²) in [4.78, 5) is 6.46. The number of nitrogens with zero attached hydrogens (tertiary/aromatic N) is 2. The fraction of sp³-hybridized carbons (Fsp3) is 0.438. The summed E-state index contributed by atoms with van der Waals surface area (Å²) in [5, 5.41) is 2.35. The van der Waals surface area contributed by atoms with Crippen LogP contribution in [0.5, 0.6) is 0 Å². The number of pyridine rings is 1. The summed E-state index contributed by atoms with van der Waals surface area (Å²) in [6.07, 6.45) is 1.81. The number of aryl methyl sites for hydroxylation is 1. The van der Waals surface area contributed by atoms with E-state index in [4.69, 9.17) is 0 Å². The Bertz CT molecular complexity index is 553. The van der Waals surface area contributed by atoms with Crippen LogP contribution in [0.15, 0.2) is 30.5 Å². The summed E-state index contributed by atoms with van der Waals surface area (Å²) in [5.74, 6) is 0.892. The van der Waals surface area contributed by atoms with E-state index >= 15 is 0 Å². The van der Waals surface area contributed by atoms with E-state index in [1.54, 1.807) is 0 Å². The van der Waals surface area contributed by atoms with Crippen molar-refractivity contribution in [3.8, 4) is 0 Å². The number of hydrogen-bond donors (Lipinski definition) is 0. The minimum absolute atomic E-state index is 0.477. The van der Waals surface area contributed by atoms with Crippen molar-refractivity contribution in [1.82, 2.24) is 4.98 Å². The van der Waals surface area contributed by atoms with Gasteiger partial charge >= 0.3 is 0 Å². The minimum Gasteiger partial charge on any atom is -0.354 e. The average Bonchev–Trinajstić information content (AvgIpc) is 2.88. The first-order chi connectivity index (χ1) is 9.24. The molecule has 0 spiro atoms. The predicted molar refractivity (Wildman–Crippen MR) is 79.6 cm³/mol. The third-order valence-electron chi connectivity index (χ3n) is 3.42. The third kappa shape index (κ3) is 2.86. The molecule has 0 N–H and O–H groups in total. The van der Waals surface area contributed by atoms with E-state index in [-0.39, 0.29) is 0 Å². The van der Waals surface area contributed by atoms with Crippen LogP contribution >= 0.6 is 0 Å². The maximum Gasteiger partial charge on any atom is 0.129 e. The van der Waals surface area contributed by atoms with E-state index in [0.717, 1.165) is 12.4 Å².